The van der Waals surface area contributed by atoms with Crippen LogP contribution in [-0.4, -0.2) is 53.1 Å². The van der Waals surface area contributed by atoms with Gasteiger partial charge < -0.3 is 20.6 Å². The number of hydrogen-bond donors (Lipinski definition) is 3. The summed E-state index contributed by atoms with van der Waals surface area (Å²) in [4.78, 5) is 36.0. The Hall–Kier alpha value is -1.79. The normalized spacial score (nSPS) is 24.6. The summed E-state index contributed by atoms with van der Waals surface area (Å²) in [5.41, 5.74) is 0. The van der Waals surface area contributed by atoms with E-state index >= 15 is 0 Å². The van der Waals surface area contributed by atoms with Crippen LogP contribution in [0.2, 0.25) is 0 Å². The standard InChI is InChI=1S/C12H19N3O4/c1-7-10(16)13-4-5-15(7)12(19)14-9(11(17)18)6-8-2-3-8/h7-9H,2-6H2,1H3,(H,13,16)(H,14,19)(H,17,18). The number of hydrogen-bond acceptors (Lipinski definition) is 3. The molecular weight excluding hydrogens is 250 g/mol. The third kappa shape index (κ3) is 3.36. The second-order valence-electron chi connectivity index (χ2n) is 5.18. The minimum Gasteiger partial charge on any atom is -0.480 e. The summed E-state index contributed by atoms with van der Waals surface area (Å²) in [6, 6.07) is -1.91. The number of urea groups is 1. The van der Waals surface area contributed by atoms with Crippen LogP contribution in [0.15, 0.2) is 0 Å². The highest BCUT2D eigenvalue weighted by Crippen LogP contribution is 2.33. The molecule has 0 radical (unpaired) electrons. The number of carboxylic acid groups (broad SMARTS) is 1. The van der Waals surface area contributed by atoms with E-state index in [-0.39, 0.29) is 5.91 Å². The Morgan fingerprint density at radius 3 is 2.79 bits per heavy atom. The van der Waals surface area contributed by atoms with Gasteiger partial charge in [0.1, 0.15) is 12.1 Å². The van der Waals surface area contributed by atoms with Gasteiger partial charge in [-0.1, -0.05) is 12.8 Å². The molecule has 1 aliphatic heterocycles. The van der Waals surface area contributed by atoms with Crippen LogP contribution in [0.1, 0.15) is 26.2 Å². The summed E-state index contributed by atoms with van der Waals surface area (Å²) in [5, 5.41) is 14.3. The molecule has 2 rings (SSSR count). The smallest absolute Gasteiger partial charge is 0.326 e. The van der Waals surface area contributed by atoms with Gasteiger partial charge in [-0.3, -0.25) is 4.79 Å². The lowest BCUT2D eigenvalue weighted by Gasteiger charge is -2.33. The van der Waals surface area contributed by atoms with Gasteiger partial charge in [0.15, 0.2) is 0 Å². The molecule has 3 N–H and O–H groups in total. The minimum atomic E-state index is -1.02. The predicted molar refractivity (Wildman–Crippen MR) is 66.5 cm³/mol. The van der Waals surface area contributed by atoms with Crippen molar-refractivity contribution in [2.45, 2.75) is 38.3 Å². The van der Waals surface area contributed by atoms with E-state index in [0.29, 0.717) is 25.4 Å². The molecule has 0 aromatic carbocycles. The summed E-state index contributed by atoms with van der Waals surface area (Å²) >= 11 is 0. The van der Waals surface area contributed by atoms with E-state index in [9.17, 15) is 14.4 Å². The predicted octanol–water partition coefficient (Wildman–Crippen LogP) is -0.230. The van der Waals surface area contributed by atoms with Crippen molar-refractivity contribution < 1.29 is 19.5 Å². The molecule has 2 aliphatic rings. The second-order valence-corrected chi connectivity index (χ2v) is 5.18. The number of aliphatic carboxylic acids is 1. The van der Waals surface area contributed by atoms with Crippen LogP contribution in [0.25, 0.3) is 0 Å². The SMILES string of the molecule is CC1C(=O)NCCN1C(=O)NC(CC1CC1)C(=O)O. The minimum absolute atomic E-state index is 0.213. The number of carbonyl (C=O) groups excluding carboxylic acids is 2. The highest BCUT2D eigenvalue weighted by molar-refractivity contribution is 5.89. The summed E-state index contributed by atoms with van der Waals surface area (Å²) in [6.45, 7) is 2.43. The first-order chi connectivity index (χ1) is 8.99. The summed E-state index contributed by atoms with van der Waals surface area (Å²) < 4.78 is 0. The highest BCUT2D eigenvalue weighted by Gasteiger charge is 2.34. The van der Waals surface area contributed by atoms with Crippen LogP contribution >= 0.6 is 0 Å². The maximum atomic E-state index is 12.0. The van der Waals surface area contributed by atoms with Crippen molar-refractivity contribution in [2.24, 2.45) is 5.92 Å². The van der Waals surface area contributed by atoms with Crippen molar-refractivity contribution >= 4 is 17.9 Å². The maximum absolute atomic E-state index is 12.0. The van der Waals surface area contributed by atoms with Crippen LogP contribution in [0.4, 0.5) is 4.79 Å². The van der Waals surface area contributed by atoms with Gasteiger partial charge in [0.25, 0.3) is 0 Å². The molecule has 1 saturated heterocycles. The molecule has 0 aromatic rings. The Morgan fingerprint density at radius 1 is 1.53 bits per heavy atom. The first kappa shape index (κ1) is 13.6. The molecule has 0 spiro atoms. The van der Waals surface area contributed by atoms with Gasteiger partial charge in [0.05, 0.1) is 0 Å². The first-order valence-electron chi connectivity index (χ1n) is 6.56. The fourth-order valence-corrected chi connectivity index (χ4v) is 2.20. The van der Waals surface area contributed by atoms with Crippen LogP contribution in [0.3, 0.4) is 0 Å². The third-order valence-electron chi connectivity index (χ3n) is 3.62. The zero-order valence-electron chi connectivity index (χ0n) is 10.9. The maximum Gasteiger partial charge on any atom is 0.326 e. The van der Waals surface area contributed by atoms with Crippen molar-refractivity contribution in [1.82, 2.24) is 15.5 Å². The largest absolute Gasteiger partial charge is 0.480 e. The quantitative estimate of drug-likeness (QED) is 0.656. The van der Waals surface area contributed by atoms with Gasteiger partial charge in [-0.15, -0.1) is 0 Å². The molecule has 0 aromatic heterocycles. The molecule has 1 saturated carbocycles. The molecule has 106 valence electrons. The second kappa shape index (κ2) is 5.46. The number of amides is 3. The average Bonchev–Trinajstić information content (AvgIpc) is 3.15. The van der Waals surface area contributed by atoms with E-state index in [4.69, 9.17) is 5.11 Å². The number of carbonyl (C=O) groups is 3. The van der Waals surface area contributed by atoms with Gasteiger partial charge >= 0.3 is 12.0 Å². The summed E-state index contributed by atoms with van der Waals surface area (Å²) in [7, 11) is 0. The third-order valence-corrected chi connectivity index (χ3v) is 3.62. The molecule has 2 atom stereocenters. The lowest BCUT2D eigenvalue weighted by molar-refractivity contribution is -0.139. The Kier molecular flexibility index (Phi) is 3.92. The lowest BCUT2D eigenvalue weighted by atomic mass is 10.1. The van der Waals surface area contributed by atoms with Crippen LogP contribution in [-0.2, 0) is 9.59 Å². The van der Waals surface area contributed by atoms with Gasteiger partial charge in [-0.2, -0.15) is 0 Å². The topological polar surface area (TPSA) is 98.7 Å². The Balaban J connectivity index is 1.93. The van der Waals surface area contributed by atoms with Crippen molar-refractivity contribution in [2.75, 3.05) is 13.1 Å². The molecule has 2 fully saturated rings. The fraction of sp³-hybridized carbons (Fsp3) is 0.750. The monoisotopic (exact) mass is 269 g/mol. The van der Waals surface area contributed by atoms with E-state index in [1.54, 1.807) is 6.92 Å². The Labute approximate surface area is 111 Å². The zero-order valence-corrected chi connectivity index (χ0v) is 10.9. The molecule has 7 heteroatoms. The molecular formula is C12H19N3O4. The number of nitrogens with one attached hydrogen (secondary N) is 2. The van der Waals surface area contributed by atoms with Gasteiger partial charge in [0.2, 0.25) is 5.91 Å². The van der Waals surface area contributed by atoms with Crippen LogP contribution in [0, 0.1) is 5.92 Å². The summed E-state index contributed by atoms with van der Waals surface area (Å²) in [6.07, 6.45) is 2.53. The fourth-order valence-electron chi connectivity index (χ4n) is 2.20. The van der Waals surface area contributed by atoms with Crippen molar-refractivity contribution in [3.63, 3.8) is 0 Å². The molecule has 0 bridgehead atoms. The summed E-state index contributed by atoms with van der Waals surface area (Å²) in [5.74, 6) is -0.826. The number of nitrogens with zero attached hydrogens (tertiary/aromatic N) is 1. The van der Waals surface area contributed by atoms with E-state index in [0.717, 1.165) is 12.8 Å². The van der Waals surface area contributed by atoms with Gasteiger partial charge in [-0.05, 0) is 19.3 Å². The van der Waals surface area contributed by atoms with E-state index < -0.39 is 24.1 Å². The number of piperazine rings is 1. The number of rotatable bonds is 4. The molecule has 2 unspecified atom stereocenters. The lowest BCUT2D eigenvalue weighted by Crippen LogP contribution is -2.60. The van der Waals surface area contributed by atoms with Crippen molar-refractivity contribution in [3.8, 4) is 0 Å². The van der Waals surface area contributed by atoms with E-state index in [1.165, 1.54) is 4.90 Å². The van der Waals surface area contributed by atoms with Gasteiger partial charge in [-0.25, -0.2) is 9.59 Å². The molecule has 1 aliphatic carbocycles. The molecule has 1 heterocycles. The zero-order chi connectivity index (χ0) is 14.0. The van der Waals surface area contributed by atoms with E-state index in [2.05, 4.69) is 10.6 Å². The van der Waals surface area contributed by atoms with Crippen molar-refractivity contribution in [1.29, 1.82) is 0 Å². The van der Waals surface area contributed by atoms with Gasteiger partial charge in [0, 0.05) is 13.1 Å². The first-order valence-corrected chi connectivity index (χ1v) is 6.56. The average molecular weight is 269 g/mol. The Bertz CT molecular complexity index is 394. The van der Waals surface area contributed by atoms with Crippen LogP contribution < -0.4 is 10.6 Å². The molecule has 7 nitrogen and oxygen atoms in total. The number of carboxylic acids is 1. The molecule has 19 heavy (non-hydrogen) atoms. The highest BCUT2D eigenvalue weighted by atomic mass is 16.4. The van der Waals surface area contributed by atoms with E-state index in [1.807, 2.05) is 0 Å². The Morgan fingerprint density at radius 2 is 2.21 bits per heavy atom. The van der Waals surface area contributed by atoms with Crippen LogP contribution in [0.5, 0.6) is 0 Å². The molecule has 3 amide bonds. The van der Waals surface area contributed by atoms with Crippen molar-refractivity contribution in [3.05, 3.63) is 0 Å².